The summed E-state index contributed by atoms with van der Waals surface area (Å²) in [5.41, 5.74) is 4.83. The fourth-order valence-corrected chi connectivity index (χ4v) is 1.14. The molecule has 12 heavy (non-hydrogen) atoms. The minimum atomic E-state index is -0.744. The van der Waals surface area contributed by atoms with Crippen LogP contribution in [0.5, 0.6) is 0 Å². The van der Waals surface area contributed by atoms with Gasteiger partial charge in [-0.2, -0.15) is 0 Å². The predicted molar refractivity (Wildman–Crippen MR) is 39.1 cm³/mol. The van der Waals surface area contributed by atoms with E-state index in [1.807, 2.05) is 0 Å². The van der Waals surface area contributed by atoms with Gasteiger partial charge < -0.3 is 26.0 Å². The third-order valence-corrected chi connectivity index (χ3v) is 1.71. The van der Waals surface area contributed by atoms with Crippen molar-refractivity contribution in [1.82, 2.24) is 5.32 Å². The van der Waals surface area contributed by atoms with Gasteiger partial charge in [-0.15, -0.1) is 0 Å². The minimum Gasteiger partial charge on any atom is -0.394 e. The Hall–Kier alpha value is -0.850. The van der Waals surface area contributed by atoms with E-state index >= 15 is 0 Å². The van der Waals surface area contributed by atoms with Crippen LogP contribution in [-0.4, -0.2) is 41.3 Å². The molecule has 6 nitrogen and oxygen atoms in total. The molecule has 1 rings (SSSR count). The number of nitrogens with two attached hydrogens (primary N) is 1. The molecule has 0 aliphatic carbocycles. The van der Waals surface area contributed by atoms with Gasteiger partial charge in [-0.25, -0.2) is 4.79 Å². The highest BCUT2D eigenvalue weighted by atomic mass is 16.5. The number of hydrogen-bond donors (Lipinski definition) is 4. The fourth-order valence-electron chi connectivity index (χ4n) is 1.14. The zero-order valence-electron chi connectivity index (χ0n) is 6.43. The van der Waals surface area contributed by atoms with Crippen molar-refractivity contribution in [3.05, 3.63) is 0 Å². The molecule has 3 atom stereocenters. The standard InChI is InChI=1S/C6H12N2O4/c7-6(11)8-5-1-3(10)4(2-9)12-5/h3-5,9-10H,1-2H2,(H3,7,8,11)/t3-,4-,5-/m1/s1. The van der Waals surface area contributed by atoms with Gasteiger partial charge in [0.1, 0.15) is 12.3 Å². The molecule has 2 amide bonds. The van der Waals surface area contributed by atoms with E-state index in [0.29, 0.717) is 0 Å². The van der Waals surface area contributed by atoms with Crippen molar-refractivity contribution in [3.63, 3.8) is 0 Å². The Morgan fingerprint density at radius 2 is 2.42 bits per heavy atom. The smallest absolute Gasteiger partial charge is 0.314 e. The number of nitrogens with one attached hydrogen (secondary N) is 1. The maximum absolute atomic E-state index is 10.3. The van der Waals surface area contributed by atoms with Crippen LogP contribution >= 0.6 is 0 Å². The minimum absolute atomic E-state index is 0.258. The summed E-state index contributed by atoms with van der Waals surface area (Å²) in [5, 5.41) is 20.1. The number of carbonyl (C=O) groups is 1. The molecule has 0 aromatic rings. The molecule has 5 N–H and O–H groups in total. The van der Waals surface area contributed by atoms with Crippen molar-refractivity contribution < 1.29 is 19.7 Å². The molecule has 0 unspecified atom stereocenters. The SMILES string of the molecule is NC(=O)N[C@H]1C[C@@H](O)[C@@H](CO)O1. The number of amides is 2. The Balaban J connectivity index is 2.37. The molecule has 0 radical (unpaired) electrons. The zero-order valence-corrected chi connectivity index (χ0v) is 6.43. The van der Waals surface area contributed by atoms with Gasteiger partial charge in [-0.3, -0.25) is 0 Å². The summed E-state index contributed by atoms with van der Waals surface area (Å²) in [4.78, 5) is 10.3. The van der Waals surface area contributed by atoms with Gasteiger partial charge in [0.25, 0.3) is 0 Å². The lowest BCUT2D eigenvalue weighted by molar-refractivity contribution is -0.0270. The first-order valence-electron chi connectivity index (χ1n) is 3.64. The summed E-state index contributed by atoms with van der Waals surface area (Å²) >= 11 is 0. The van der Waals surface area contributed by atoms with Crippen molar-refractivity contribution in [2.75, 3.05) is 6.61 Å². The quantitative estimate of drug-likeness (QED) is 0.395. The number of hydrogen-bond acceptors (Lipinski definition) is 4. The lowest BCUT2D eigenvalue weighted by Crippen LogP contribution is -2.38. The van der Waals surface area contributed by atoms with Gasteiger partial charge in [-0.1, -0.05) is 0 Å². The molecule has 0 spiro atoms. The van der Waals surface area contributed by atoms with E-state index in [4.69, 9.17) is 15.6 Å². The summed E-state index contributed by atoms with van der Waals surface area (Å²) < 4.78 is 5.02. The first-order chi connectivity index (χ1) is 5.63. The molecular weight excluding hydrogens is 164 g/mol. The number of aliphatic hydroxyl groups is 2. The first-order valence-corrected chi connectivity index (χ1v) is 3.64. The van der Waals surface area contributed by atoms with Gasteiger partial charge in [0.15, 0.2) is 0 Å². The highest BCUT2D eigenvalue weighted by Crippen LogP contribution is 2.17. The van der Waals surface area contributed by atoms with Crippen molar-refractivity contribution in [2.24, 2.45) is 5.73 Å². The normalized spacial score (nSPS) is 35.0. The van der Waals surface area contributed by atoms with Crippen LogP contribution in [0.4, 0.5) is 4.79 Å². The van der Waals surface area contributed by atoms with E-state index in [2.05, 4.69) is 5.32 Å². The summed E-state index contributed by atoms with van der Waals surface area (Å²) in [6, 6.07) is -0.703. The third-order valence-electron chi connectivity index (χ3n) is 1.71. The summed E-state index contributed by atoms with van der Waals surface area (Å²) in [7, 11) is 0. The zero-order chi connectivity index (χ0) is 9.14. The highest BCUT2D eigenvalue weighted by molar-refractivity contribution is 5.71. The van der Waals surface area contributed by atoms with Crippen LogP contribution < -0.4 is 11.1 Å². The molecule has 0 aromatic carbocycles. The van der Waals surface area contributed by atoms with Gasteiger partial charge in [0, 0.05) is 6.42 Å². The Kier molecular flexibility index (Phi) is 2.85. The molecule has 1 heterocycles. The van der Waals surface area contributed by atoms with Crippen molar-refractivity contribution in [1.29, 1.82) is 0 Å². The largest absolute Gasteiger partial charge is 0.394 e. The maximum Gasteiger partial charge on any atom is 0.314 e. The molecule has 1 fully saturated rings. The average molecular weight is 176 g/mol. The molecule has 1 saturated heterocycles. The molecular formula is C6H12N2O4. The molecule has 0 saturated carbocycles. The van der Waals surface area contributed by atoms with Crippen molar-refractivity contribution in [3.8, 4) is 0 Å². The Bertz CT molecular complexity index is 175. The third kappa shape index (κ3) is 2.07. The van der Waals surface area contributed by atoms with E-state index in [-0.39, 0.29) is 13.0 Å². The molecule has 1 aliphatic rings. The number of primary amides is 1. The van der Waals surface area contributed by atoms with Crippen LogP contribution in [-0.2, 0) is 4.74 Å². The van der Waals surface area contributed by atoms with E-state index in [0.717, 1.165) is 0 Å². The lowest BCUT2D eigenvalue weighted by atomic mass is 10.2. The second kappa shape index (κ2) is 3.70. The van der Waals surface area contributed by atoms with Crippen LogP contribution in [0.25, 0.3) is 0 Å². The van der Waals surface area contributed by atoms with E-state index in [9.17, 15) is 9.90 Å². The molecule has 0 bridgehead atoms. The Morgan fingerprint density at radius 1 is 1.75 bits per heavy atom. The molecule has 6 heteroatoms. The number of aliphatic hydroxyl groups excluding tert-OH is 2. The van der Waals surface area contributed by atoms with Gasteiger partial charge in [-0.05, 0) is 0 Å². The monoisotopic (exact) mass is 176 g/mol. The molecule has 70 valence electrons. The van der Waals surface area contributed by atoms with E-state index in [1.54, 1.807) is 0 Å². The van der Waals surface area contributed by atoms with Crippen LogP contribution in [0.15, 0.2) is 0 Å². The van der Waals surface area contributed by atoms with Gasteiger partial charge in [0.2, 0.25) is 0 Å². The van der Waals surface area contributed by atoms with Gasteiger partial charge >= 0.3 is 6.03 Å². The molecule has 0 aromatic heterocycles. The lowest BCUT2D eigenvalue weighted by Gasteiger charge is -2.11. The average Bonchev–Trinajstić information content (AvgIpc) is 2.29. The van der Waals surface area contributed by atoms with E-state index in [1.165, 1.54) is 0 Å². The van der Waals surface area contributed by atoms with Crippen molar-refractivity contribution in [2.45, 2.75) is 24.9 Å². The topological polar surface area (TPSA) is 105 Å². The van der Waals surface area contributed by atoms with Crippen LogP contribution in [0.3, 0.4) is 0 Å². The van der Waals surface area contributed by atoms with Crippen LogP contribution in [0.2, 0.25) is 0 Å². The number of urea groups is 1. The summed E-state index contributed by atoms with van der Waals surface area (Å²) in [6.07, 6.45) is -1.70. The predicted octanol–water partition coefficient (Wildman–Crippen LogP) is -1.88. The number of rotatable bonds is 2. The highest BCUT2D eigenvalue weighted by Gasteiger charge is 2.33. The summed E-state index contributed by atoms with van der Waals surface area (Å²) in [5.74, 6) is 0. The van der Waals surface area contributed by atoms with E-state index < -0.39 is 24.5 Å². The fraction of sp³-hybridized carbons (Fsp3) is 0.833. The van der Waals surface area contributed by atoms with Crippen LogP contribution in [0, 0.1) is 0 Å². The number of ether oxygens (including phenoxy) is 1. The maximum atomic E-state index is 10.3. The first kappa shape index (κ1) is 9.24. The van der Waals surface area contributed by atoms with Gasteiger partial charge in [0.05, 0.1) is 12.7 Å². The Labute approximate surface area is 69.3 Å². The molecule has 1 aliphatic heterocycles. The van der Waals surface area contributed by atoms with Crippen LogP contribution in [0.1, 0.15) is 6.42 Å². The van der Waals surface area contributed by atoms with Crippen molar-refractivity contribution >= 4 is 6.03 Å². The Morgan fingerprint density at radius 3 is 2.83 bits per heavy atom. The second-order valence-electron chi connectivity index (χ2n) is 2.66. The summed E-state index contributed by atoms with van der Waals surface area (Å²) in [6.45, 7) is -0.266. The second-order valence-corrected chi connectivity index (χ2v) is 2.66. The number of carbonyl (C=O) groups excluding carboxylic acids is 1.